The van der Waals surface area contributed by atoms with Gasteiger partial charge in [0.25, 0.3) is 5.91 Å². The summed E-state index contributed by atoms with van der Waals surface area (Å²) < 4.78 is 6.24. The van der Waals surface area contributed by atoms with E-state index in [-0.39, 0.29) is 19.0 Å². The molecule has 2 aromatic rings. The summed E-state index contributed by atoms with van der Waals surface area (Å²) in [5.74, 6) is -0.691. The molecular formula is C13H14N4O4. The highest BCUT2D eigenvalue weighted by Crippen LogP contribution is 2.12. The number of carboxylic acid groups (broad SMARTS) is 1. The first-order valence-electron chi connectivity index (χ1n) is 6.11. The minimum atomic E-state index is -1.01. The molecule has 0 aliphatic heterocycles. The molecule has 0 saturated heterocycles. The fourth-order valence-corrected chi connectivity index (χ4v) is 1.67. The summed E-state index contributed by atoms with van der Waals surface area (Å²) in [6.45, 7) is -0.105. The highest BCUT2D eigenvalue weighted by atomic mass is 16.5. The molecule has 2 rings (SSSR count). The molecule has 1 heterocycles. The fraction of sp³-hybridized carbons (Fsp3) is 0.231. The Hall–Kier alpha value is -2.90. The molecule has 0 aliphatic rings. The van der Waals surface area contributed by atoms with Gasteiger partial charge in [-0.25, -0.2) is 4.68 Å². The van der Waals surface area contributed by atoms with Crippen LogP contribution in [0, 0.1) is 0 Å². The molecule has 1 amide bonds. The van der Waals surface area contributed by atoms with Crippen LogP contribution in [0.2, 0.25) is 0 Å². The number of carbonyl (C=O) groups is 2. The minimum absolute atomic E-state index is 0.162. The highest BCUT2D eigenvalue weighted by Gasteiger charge is 2.08. The number of methoxy groups -OCH3 is 1. The molecule has 8 nitrogen and oxygen atoms in total. The number of aliphatic carboxylic acids is 1. The largest absolute Gasteiger partial charge is 0.497 e. The van der Waals surface area contributed by atoms with Crippen LogP contribution in [-0.4, -0.2) is 39.1 Å². The number of aromatic nitrogens is 3. The Kier molecular flexibility index (Phi) is 4.50. The van der Waals surface area contributed by atoms with Crippen molar-refractivity contribution in [1.82, 2.24) is 20.3 Å². The van der Waals surface area contributed by atoms with Crippen LogP contribution < -0.4 is 10.1 Å². The van der Waals surface area contributed by atoms with Gasteiger partial charge in [0, 0.05) is 5.56 Å². The van der Waals surface area contributed by atoms with E-state index < -0.39 is 5.97 Å². The first-order valence-corrected chi connectivity index (χ1v) is 6.11. The van der Waals surface area contributed by atoms with Crippen LogP contribution in [0.1, 0.15) is 16.1 Å². The highest BCUT2D eigenvalue weighted by molar-refractivity contribution is 5.94. The summed E-state index contributed by atoms with van der Waals surface area (Å²) in [6, 6.07) is 6.75. The van der Waals surface area contributed by atoms with Gasteiger partial charge in [-0.15, -0.1) is 5.10 Å². The molecule has 1 aromatic heterocycles. The summed E-state index contributed by atoms with van der Waals surface area (Å²) in [7, 11) is 1.53. The van der Waals surface area contributed by atoms with E-state index >= 15 is 0 Å². The van der Waals surface area contributed by atoms with Gasteiger partial charge in [0.1, 0.15) is 18.0 Å². The molecule has 1 aromatic carbocycles. The van der Waals surface area contributed by atoms with Gasteiger partial charge in [-0.1, -0.05) is 11.3 Å². The average Bonchev–Trinajstić information content (AvgIpc) is 2.91. The lowest BCUT2D eigenvalue weighted by molar-refractivity contribution is -0.137. The molecule has 2 N–H and O–H groups in total. The van der Waals surface area contributed by atoms with E-state index in [0.29, 0.717) is 17.0 Å². The van der Waals surface area contributed by atoms with E-state index in [1.165, 1.54) is 18.0 Å². The zero-order chi connectivity index (χ0) is 15.2. The Morgan fingerprint density at radius 1 is 1.43 bits per heavy atom. The predicted octanol–water partition coefficient (Wildman–Crippen LogP) is 0.301. The van der Waals surface area contributed by atoms with Crippen molar-refractivity contribution < 1.29 is 19.4 Å². The van der Waals surface area contributed by atoms with E-state index in [1.807, 2.05) is 0 Å². The number of nitrogens with one attached hydrogen (secondary N) is 1. The summed E-state index contributed by atoms with van der Waals surface area (Å²) in [5.41, 5.74) is 0.944. The Morgan fingerprint density at radius 2 is 2.24 bits per heavy atom. The first-order chi connectivity index (χ1) is 10.1. The third kappa shape index (κ3) is 4.03. The molecule has 0 spiro atoms. The molecule has 8 heteroatoms. The number of carbonyl (C=O) groups excluding carboxylic acids is 1. The van der Waals surface area contributed by atoms with Crippen LogP contribution in [0.15, 0.2) is 30.5 Å². The quantitative estimate of drug-likeness (QED) is 0.792. The lowest BCUT2D eigenvalue weighted by Gasteiger charge is -2.05. The lowest BCUT2D eigenvalue weighted by Crippen LogP contribution is -2.23. The van der Waals surface area contributed by atoms with Crippen LogP contribution >= 0.6 is 0 Å². The van der Waals surface area contributed by atoms with E-state index in [0.717, 1.165) is 0 Å². The van der Waals surface area contributed by atoms with Crippen molar-refractivity contribution in [2.24, 2.45) is 0 Å². The number of benzene rings is 1. The number of nitrogens with zero attached hydrogens (tertiary/aromatic N) is 3. The van der Waals surface area contributed by atoms with Crippen molar-refractivity contribution in [3.63, 3.8) is 0 Å². The van der Waals surface area contributed by atoms with Crippen LogP contribution in [0.5, 0.6) is 5.75 Å². The Labute approximate surface area is 120 Å². The monoisotopic (exact) mass is 290 g/mol. The second kappa shape index (κ2) is 6.51. The summed E-state index contributed by atoms with van der Waals surface area (Å²) in [6.07, 6.45) is 1.47. The van der Waals surface area contributed by atoms with Crippen LogP contribution in [0.3, 0.4) is 0 Å². The van der Waals surface area contributed by atoms with Gasteiger partial charge in [-0.05, 0) is 18.2 Å². The van der Waals surface area contributed by atoms with Crippen molar-refractivity contribution >= 4 is 11.9 Å². The topological polar surface area (TPSA) is 106 Å². The second-order valence-electron chi connectivity index (χ2n) is 4.22. The number of ether oxygens (including phenoxy) is 1. The van der Waals surface area contributed by atoms with Crippen molar-refractivity contribution in [2.75, 3.05) is 7.11 Å². The van der Waals surface area contributed by atoms with Crippen LogP contribution in [0.25, 0.3) is 0 Å². The molecule has 0 saturated carbocycles. The molecule has 110 valence electrons. The Morgan fingerprint density at radius 3 is 2.95 bits per heavy atom. The van der Waals surface area contributed by atoms with E-state index in [2.05, 4.69) is 15.6 Å². The lowest BCUT2D eigenvalue weighted by atomic mass is 10.2. The van der Waals surface area contributed by atoms with Crippen LogP contribution in [0.4, 0.5) is 0 Å². The van der Waals surface area contributed by atoms with Gasteiger partial charge in [-0.3, -0.25) is 9.59 Å². The van der Waals surface area contributed by atoms with Crippen molar-refractivity contribution in [3.05, 3.63) is 41.7 Å². The smallest absolute Gasteiger partial charge is 0.325 e. The predicted molar refractivity (Wildman–Crippen MR) is 71.8 cm³/mol. The van der Waals surface area contributed by atoms with Crippen molar-refractivity contribution in [3.8, 4) is 5.75 Å². The van der Waals surface area contributed by atoms with E-state index in [1.54, 1.807) is 24.3 Å². The number of carboxylic acids is 1. The molecule has 0 bridgehead atoms. The maximum Gasteiger partial charge on any atom is 0.325 e. The number of hydrogen-bond donors (Lipinski definition) is 2. The summed E-state index contributed by atoms with van der Waals surface area (Å²) in [5, 5.41) is 18.7. The third-order valence-corrected chi connectivity index (χ3v) is 2.65. The van der Waals surface area contributed by atoms with Gasteiger partial charge < -0.3 is 15.2 Å². The molecular weight excluding hydrogens is 276 g/mol. The van der Waals surface area contributed by atoms with E-state index in [4.69, 9.17) is 9.84 Å². The Bertz CT molecular complexity index is 653. The Balaban J connectivity index is 1.94. The van der Waals surface area contributed by atoms with Gasteiger partial charge in [0.15, 0.2) is 0 Å². The van der Waals surface area contributed by atoms with Gasteiger partial charge in [0.2, 0.25) is 0 Å². The number of hydrogen-bond acceptors (Lipinski definition) is 5. The zero-order valence-electron chi connectivity index (χ0n) is 11.3. The van der Waals surface area contributed by atoms with Crippen molar-refractivity contribution in [2.45, 2.75) is 13.1 Å². The number of rotatable bonds is 6. The summed E-state index contributed by atoms with van der Waals surface area (Å²) >= 11 is 0. The molecule has 0 atom stereocenters. The van der Waals surface area contributed by atoms with Gasteiger partial charge in [0.05, 0.1) is 19.9 Å². The van der Waals surface area contributed by atoms with Crippen molar-refractivity contribution in [1.29, 1.82) is 0 Å². The number of amides is 1. The molecule has 0 radical (unpaired) electrons. The minimum Gasteiger partial charge on any atom is -0.497 e. The standard InChI is InChI=1S/C13H14N4O4/c1-21-11-4-2-3-9(5-11)13(20)14-6-10-7-17(16-15-10)8-12(18)19/h2-5,7H,6,8H2,1H3,(H,14,20)(H,18,19). The normalized spacial score (nSPS) is 10.1. The zero-order valence-corrected chi connectivity index (χ0v) is 11.3. The van der Waals surface area contributed by atoms with Gasteiger partial charge >= 0.3 is 5.97 Å². The maximum absolute atomic E-state index is 12.0. The maximum atomic E-state index is 12.0. The summed E-state index contributed by atoms with van der Waals surface area (Å²) in [4.78, 5) is 22.5. The molecule has 21 heavy (non-hydrogen) atoms. The molecule has 0 aliphatic carbocycles. The average molecular weight is 290 g/mol. The fourth-order valence-electron chi connectivity index (χ4n) is 1.67. The third-order valence-electron chi connectivity index (χ3n) is 2.65. The van der Waals surface area contributed by atoms with Gasteiger partial charge in [-0.2, -0.15) is 0 Å². The SMILES string of the molecule is COc1cccc(C(=O)NCc2cn(CC(=O)O)nn2)c1. The molecule has 0 fully saturated rings. The van der Waals surface area contributed by atoms with E-state index in [9.17, 15) is 9.59 Å². The molecule has 0 unspecified atom stereocenters. The second-order valence-corrected chi connectivity index (χ2v) is 4.22. The van der Waals surface area contributed by atoms with Crippen LogP contribution in [-0.2, 0) is 17.9 Å². The first kappa shape index (κ1) is 14.5.